The molecule has 2 aliphatic rings. The highest BCUT2D eigenvalue weighted by molar-refractivity contribution is 6.30. The van der Waals surface area contributed by atoms with Gasteiger partial charge in [-0.05, 0) is 97.4 Å². The average molecular weight is 391 g/mol. The van der Waals surface area contributed by atoms with Crippen LogP contribution in [0, 0.1) is 23.7 Å². The van der Waals surface area contributed by atoms with E-state index >= 15 is 0 Å². The summed E-state index contributed by atoms with van der Waals surface area (Å²) in [6, 6.07) is 14.7. The van der Waals surface area contributed by atoms with Crippen molar-refractivity contribution in [1.29, 1.82) is 0 Å². The molecule has 0 N–H and O–H groups in total. The zero-order valence-corrected chi connectivity index (χ0v) is 17.8. The Hall–Kier alpha value is -1.71. The molecule has 3 unspecified atom stereocenters. The Bertz CT molecular complexity index is 852. The van der Waals surface area contributed by atoms with Crippen molar-refractivity contribution in [2.75, 3.05) is 0 Å². The second kappa shape index (κ2) is 9.19. The SMILES string of the molecule is CCCCCC1CCC2c3ccc(C#Cc4ccc(Cl)cc4)cc3CCC2C1. The molecule has 0 amide bonds. The smallest absolute Gasteiger partial charge is 0.0406 e. The first-order chi connectivity index (χ1) is 13.7. The zero-order valence-electron chi connectivity index (χ0n) is 17.0. The lowest BCUT2D eigenvalue weighted by atomic mass is 9.64. The molecule has 28 heavy (non-hydrogen) atoms. The second-order valence-electron chi connectivity index (χ2n) is 8.75. The van der Waals surface area contributed by atoms with Gasteiger partial charge in [-0.2, -0.15) is 0 Å². The summed E-state index contributed by atoms with van der Waals surface area (Å²) >= 11 is 5.96. The van der Waals surface area contributed by atoms with Crippen molar-refractivity contribution < 1.29 is 0 Å². The van der Waals surface area contributed by atoms with Gasteiger partial charge in [-0.25, -0.2) is 0 Å². The van der Waals surface area contributed by atoms with Crippen LogP contribution in [0.25, 0.3) is 0 Å². The minimum Gasteiger partial charge on any atom is -0.0843 e. The number of aryl methyl sites for hydroxylation is 1. The van der Waals surface area contributed by atoms with Gasteiger partial charge >= 0.3 is 0 Å². The molecule has 0 spiro atoms. The molecule has 0 nitrogen and oxygen atoms in total. The first-order valence-corrected chi connectivity index (χ1v) is 11.5. The topological polar surface area (TPSA) is 0 Å². The fourth-order valence-electron chi connectivity index (χ4n) is 5.32. The van der Waals surface area contributed by atoms with Crippen LogP contribution in [0.5, 0.6) is 0 Å². The Kier molecular flexibility index (Phi) is 6.43. The van der Waals surface area contributed by atoms with Gasteiger partial charge in [0.05, 0.1) is 0 Å². The Morgan fingerprint density at radius 3 is 2.54 bits per heavy atom. The van der Waals surface area contributed by atoms with Crippen molar-refractivity contribution in [3.8, 4) is 11.8 Å². The second-order valence-corrected chi connectivity index (χ2v) is 9.19. The molecule has 0 radical (unpaired) electrons. The van der Waals surface area contributed by atoms with Crippen LogP contribution in [-0.4, -0.2) is 0 Å². The van der Waals surface area contributed by atoms with Crippen LogP contribution in [0.15, 0.2) is 42.5 Å². The van der Waals surface area contributed by atoms with Crippen molar-refractivity contribution in [2.24, 2.45) is 11.8 Å². The van der Waals surface area contributed by atoms with Crippen molar-refractivity contribution in [2.45, 2.75) is 70.6 Å². The third-order valence-electron chi connectivity index (χ3n) is 6.83. The monoisotopic (exact) mass is 390 g/mol. The van der Waals surface area contributed by atoms with Crippen LogP contribution < -0.4 is 0 Å². The summed E-state index contributed by atoms with van der Waals surface area (Å²) in [5.74, 6) is 9.31. The van der Waals surface area contributed by atoms with Gasteiger partial charge < -0.3 is 0 Å². The van der Waals surface area contributed by atoms with E-state index in [4.69, 9.17) is 11.6 Å². The highest BCUT2D eigenvalue weighted by atomic mass is 35.5. The molecule has 0 bridgehead atoms. The molecule has 0 saturated heterocycles. The van der Waals surface area contributed by atoms with E-state index in [-0.39, 0.29) is 0 Å². The summed E-state index contributed by atoms with van der Waals surface area (Å²) in [5.41, 5.74) is 5.33. The van der Waals surface area contributed by atoms with Gasteiger partial charge in [0, 0.05) is 16.1 Å². The molecule has 2 aliphatic carbocycles. The summed E-state index contributed by atoms with van der Waals surface area (Å²) in [7, 11) is 0. The molecule has 2 aromatic carbocycles. The van der Waals surface area contributed by atoms with Crippen molar-refractivity contribution >= 4 is 11.6 Å². The van der Waals surface area contributed by atoms with E-state index in [1.54, 1.807) is 11.1 Å². The van der Waals surface area contributed by atoms with E-state index in [0.29, 0.717) is 0 Å². The zero-order chi connectivity index (χ0) is 19.3. The Morgan fingerprint density at radius 1 is 0.929 bits per heavy atom. The van der Waals surface area contributed by atoms with E-state index in [1.807, 2.05) is 24.3 Å². The van der Waals surface area contributed by atoms with Crippen LogP contribution >= 0.6 is 11.6 Å². The summed E-state index contributed by atoms with van der Waals surface area (Å²) in [6.45, 7) is 2.31. The summed E-state index contributed by atoms with van der Waals surface area (Å²) in [6.07, 6.45) is 12.5. The molecular weight excluding hydrogens is 360 g/mol. The van der Waals surface area contributed by atoms with Crippen molar-refractivity contribution in [3.05, 3.63) is 69.7 Å². The molecule has 2 aromatic rings. The van der Waals surface area contributed by atoms with Gasteiger partial charge in [-0.1, -0.05) is 62.1 Å². The molecule has 0 heterocycles. The van der Waals surface area contributed by atoms with Crippen molar-refractivity contribution in [1.82, 2.24) is 0 Å². The van der Waals surface area contributed by atoms with Crippen molar-refractivity contribution in [3.63, 3.8) is 0 Å². The first-order valence-electron chi connectivity index (χ1n) is 11.1. The Balaban J connectivity index is 1.44. The summed E-state index contributed by atoms with van der Waals surface area (Å²) in [4.78, 5) is 0. The predicted octanol–water partition coefficient (Wildman–Crippen LogP) is 7.77. The van der Waals surface area contributed by atoms with Gasteiger partial charge in [0.25, 0.3) is 0 Å². The van der Waals surface area contributed by atoms with Crippen LogP contribution in [-0.2, 0) is 6.42 Å². The molecule has 1 fully saturated rings. The van der Waals surface area contributed by atoms with Gasteiger partial charge in [-0.3, -0.25) is 0 Å². The maximum atomic E-state index is 5.96. The Morgan fingerprint density at radius 2 is 1.71 bits per heavy atom. The van der Waals surface area contributed by atoms with Crippen LogP contribution in [0.1, 0.15) is 86.5 Å². The van der Waals surface area contributed by atoms with E-state index in [2.05, 4.69) is 37.0 Å². The standard InChI is InChI=1S/C27H31Cl/c1-2-3-4-5-21-10-16-26-23(18-21)12-13-24-19-22(11-17-27(24)26)7-6-20-8-14-25(28)15-9-20/h8-9,11,14-15,17,19,21,23,26H,2-5,10,12-13,16,18H2,1H3. The summed E-state index contributed by atoms with van der Waals surface area (Å²) < 4.78 is 0. The largest absolute Gasteiger partial charge is 0.0843 e. The highest BCUT2D eigenvalue weighted by Gasteiger charge is 2.34. The van der Waals surface area contributed by atoms with Gasteiger partial charge in [0.1, 0.15) is 0 Å². The number of benzene rings is 2. The highest BCUT2D eigenvalue weighted by Crippen LogP contribution is 2.48. The third-order valence-corrected chi connectivity index (χ3v) is 7.08. The quantitative estimate of drug-likeness (QED) is 0.369. The molecule has 1 saturated carbocycles. The Labute approximate surface area is 175 Å². The minimum atomic E-state index is 0.758. The molecule has 3 atom stereocenters. The number of rotatable bonds is 4. The maximum Gasteiger partial charge on any atom is 0.0406 e. The van der Waals surface area contributed by atoms with E-state index < -0.39 is 0 Å². The van der Waals surface area contributed by atoms with Crippen LogP contribution in [0.4, 0.5) is 0 Å². The van der Waals surface area contributed by atoms with Crippen LogP contribution in [0.2, 0.25) is 5.02 Å². The molecule has 0 aromatic heterocycles. The summed E-state index contributed by atoms with van der Waals surface area (Å²) in [5, 5.41) is 0.758. The third kappa shape index (κ3) is 4.64. The normalized spacial score (nSPS) is 23.3. The van der Waals surface area contributed by atoms with Gasteiger partial charge in [-0.15, -0.1) is 0 Å². The number of halogens is 1. The van der Waals surface area contributed by atoms with Gasteiger partial charge in [0.15, 0.2) is 0 Å². The lowest BCUT2D eigenvalue weighted by molar-refractivity contribution is 0.199. The maximum absolute atomic E-state index is 5.96. The van der Waals surface area contributed by atoms with Gasteiger partial charge in [0.2, 0.25) is 0 Å². The lowest BCUT2D eigenvalue weighted by Crippen LogP contribution is -2.28. The number of fused-ring (bicyclic) bond motifs is 3. The minimum absolute atomic E-state index is 0.758. The molecular formula is C27H31Cl. The van der Waals surface area contributed by atoms with E-state index in [0.717, 1.165) is 33.9 Å². The van der Waals surface area contributed by atoms with Crippen LogP contribution in [0.3, 0.4) is 0 Å². The molecule has 4 rings (SSSR count). The van der Waals surface area contributed by atoms with E-state index in [9.17, 15) is 0 Å². The fourth-order valence-corrected chi connectivity index (χ4v) is 5.44. The number of hydrogen-bond donors (Lipinski definition) is 0. The fraction of sp³-hybridized carbons (Fsp3) is 0.481. The van der Waals surface area contributed by atoms with E-state index in [1.165, 1.54) is 57.8 Å². The predicted molar refractivity (Wildman–Crippen MR) is 120 cm³/mol. The lowest BCUT2D eigenvalue weighted by Gasteiger charge is -2.40. The molecule has 0 aliphatic heterocycles. The molecule has 146 valence electrons. The average Bonchev–Trinajstić information content (AvgIpc) is 2.73. The number of unbranched alkanes of at least 4 members (excludes halogenated alkanes) is 2. The number of hydrogen-bond acceptors (Lipinski definition) is 0. The first kappa shape index (κ1) is 19.6. The molecule has 1 heteroatoms.